The zero-order valence-electron chi connectivity index (χ0n) is 9.83. The van der Waals surface area contributed by atoms with Gasteiger partial charge in [-0.15, -0.1) is 0 Å². The lowest BCUT2D eigenvalue weighted by atomic mass is 10.2. The Balaban J connectivity index is 2.43. The number of nitrogens with zero attached hydrogens (tertiary/aromatic N) is 1. The average molecular weight is 199 g/mol. The second-order valence-corrected chi connectivity index (χ2v) is 5.11. The van der Waals surface area contributed by atoms with Gasteiger partial charge in [0.1, 0.15) is 11.6 Å². The summed E-state index contributed by atoms with van der Waals surface area (Å²) in [6, 6.07) is 0.472. The van der Waals surface area contributed by atoms with Crippen molar-refractivity contribution in [2.24, 2.45) is 0 Å². The maximum absolute atomic E-state index is 11.7. The average Bonchev–Trinajstić information content (AvgIpc) is 2.80. The highest BCUT2D eigenvalue weighted by Crippen LogP contribution is 2.27. The number of ether oxygens (including phenoxy) is 1. The van der Waals surface area contributed by atoms with E-state index in [4.69, 9.17) is 4.74 Å². The van der Waals surface area contributed by atoms with Crippen molar-refractivity contribution in [1.82, 2.24) is 4.90 Å². The van der Waals surface area contributed by atoms with E-state index in [1.165, 1.54) is 12.8 Å². The van der Waals surface area contributed by atoms with Gasteiger partial charge < -0.3 is 4.74 Å². The van der Waals surface area contributed by atoms with Crippen molar-refractivity contribution in [2.75, 3.05) is 7.05 Å². The van der Waals surface area contributed by atoms with Crippen molar-refractivity contribution in [3.63, 3.8) is 0 Å². The SMILES string of the molecule is CC(C(=O)OC(C)(C)C)N(C)C1CC1. The minimum absolute atomic E-state index is 0.119. The first kappa shape index (κ1) is 11.5. The first-order valence-corrected chi connectivity index (χ1v) is 5.26. The van der Waals surface area contributed by atoms with Gasteiger partial charge in [0.15, 0.2) is 0 Å². The molecule has 0 amide bonds. The second kappa shape index (κ2) is 3.89. The van der Waals surface area contributed by atoms with Gasteiger partial charge in [0.05, 0.1) is 0 Å². The van der Waals surface area contributed by atoms with E-state index in [9.17, 15) is 4.79 Å². The van der Waals surface area contributed by atoms with E-state index in [2.05, 4.69) is 4.90 Å². The van der Waals surface area contributed by atoms with Crippen LogP contribution in [0.15, 0.2) is 0 Å². The Morgan fingerprint density at radius 1 is 1.43 bits per heavy atom. The number of carbonyl (C=O) groups excluding carboxylic acids is 1. The highest BCUT2D eigenvalue weighted by Gasteiger charge is 2.33. The van der Waals surface area contributed by atoms with E-state index in [-0.39, 0.29) is 17.6 Å². The fraction of sp³-hybridized carbons (Fsp3) is 0.909. The fourth-order valence-electron chi connectivity index (χ4n) is 1.35. The van der Waals surface area contributed by atoms with Crippen LogP contribution < -0.4 is 0 Å². The van der Waals surface area contributed by atoms with Crippen LogP contribution in [0.5, 0.6) is 0 Å². The summed E-state index contributed by atoms with van der Waals surface area (Å²) in [7, 11) is 1.99. The molecule has 0 aliphatic heterocycles. The molecule has 0 bridgehead atoms. The molecule has 1 atom stereocenters. The highest BCUT2D eigenvalue weighted by molar-refractivity contribution is 5.75. The molecule has 0 heterocycles. The largest absolute Gasteiger partial charge is 0.459 e. The molecule has 3 heteroatoms. The topological polar surface area (TPSA) is 29.5 Å². The van der Waals surface area contributed by atoms with Crippen LogP contribution in [0.2, 0.25) is 0 Å². The van der Waals surface area contributed by atoms with Crippen molar-refractivity contribution in [1.29, 1.82) is 0 Å². The molecule has 1 saturated carbocycles. The molecule has 0 radical (unpaired) electrons. The number of likely N-dealkylation sites (N-methyl/N-ethyl adjacent to an activating group) is 1. The van der Waals surface area contributed by atoms with Crippen LogP contribution in [0.1, 0.15) is 40.5 Å². The highest BCUT2D eigenvalue weighted by atomic mass is 16.6. The lowest BCUT2D eigenvalue weighted by molar-refractivity contribution is -0.160. The summed E-state index contributed by atoms with van der Waals surface area (Å²) in [5.41, 5.74) is -0.379. The molecule has 0 aromatic rings. The van der Waals surface area contributed by atoms with Crippen LogP contribution in [-0.4, -0.2) is 35.6 Å². The molecule has 0 spiro atoms. The van der Waals surface area contributed by atoms with Gasteiger partial charge in [0.25, 0.3) is 0 Å². The number of hydrogen-bond acceptors (Lipinski definition) is 3. The molecule has 1 rings (SSSR count). The smallest absolute Gasteiger partial charge is 0.323 e. The van der Waals surface area contributed by atoms with E-state index in [0.717, 1.165) is 0 Å². The van der Waals surface area contributed by atoms with Gasteiger partial charge in [-0.25, -0.2) is 0 Å². The van der Waals surface area contributed by atoms with Crippen molar-refractivity contribution in [3.05, 3.63) is 0 Å². The van der Waals surface area contributed by atoms with E-state index in [1.807, 2.05) is 34.7 Å². The molecule has 82 valence electrons. The van der Waals surface area contributed by atoms with Gasteiger partial charge in [-0.05, 0) is 47.6 Å². The predicted molar refractivity (Wildman–Crippen MR) is 56.1 cm³/mol. The van der Waals surface area contributed by atoms with Crippen molar-refractivity contribution < 1.29 is 9.53 Å². The van der Waals surface area contributed by atoms with E-state index in [1.54, 1.807) is 0 Å². The van der Waals surface area contributed by atoms with Gasteiger partial charge in [-0.1, -0.05) is 0 Å². The second-order valence-electron chi connectivity index (χ2n) is 5.11. The molecule has 14 heavy (non-hydrogen) atoms. The molecule has 0 aromatic carbocycles. The first-order valence-electron chi connectivity index (χ1n) is 5.26. The summed E-state index contributed by atoms with van der Waals surface area (Å²) in [6.45, 7) is 7.60. The number of rotatable bonds is 3. The maximum Gasteiger partial charge on any atom is 0.323 e. The Kier molecular flexibility index (Phi) is 3.20. The zero-order chi connectivity index (χ0) is 10.9. The van der Waals surface area contributed by atoms with Crippen LogP contribution in [0.3, 0.4) is 0 Å². The molecule has 1 aliphatic carbocycles. The van der Waals surface area contributed by atoms with Gasteiger partial charge in [-0.2, -0.15) is 0 Å². The molecular weight excluding hydrogens is 178 g/mol. The Morgan fingerprint density at radius 2 is 1.93 bits per heavy atom. The summed E-state index contributed by atoms with van der Waals surface area (Å²) in [5.74, 6) is -0.119. The van der Waals surface area contributed by atoms with Gasteiger partial charge in [0.2, 0.25) is 0 Å². The summed E-state index contributed by atoms with van der Waals surface area (Å²) < 4.78 is 5.32. The van der Waals surface area contributed by atoms with Crippen LogP contribution in [0, 0.1) is 0 Å². The summed E-state index contributed by atoms with van der Waals surface area (Å²) in [5, 5.41) is 0. The van der Waals surface area contributed by atoms with E-state index >= 15 is 0 Å². The molecule has 0 saturated heterocycles. The maximum atomic E-state index is 11.7. The minimum Gasteiger partial charge on any atom is -0.459 e. The zero-order valence-corrected chi connectivity index (χ0v) is 9.83. The molecule has 1 fully saturated rings. The molecule has 1 aliphatic rings. The molecule has 3 nitrogen and oxygen atoms in total. The Labute approximate surface area is 86.4 Å². The Morgan fingerprint density at radius 3 is 2.29 bits per heavy atom. The quantitative estimate of drug-likeness (QED) is 0.649. The fourth-order valence-corrected chi connectivity index (χ4v) is 1.35. The van der Waals surface area contributed by atoms with Crippen LogP contribution >= 0.6 is 0 Å². The first-order chi connectivity index (χ1) is 6.31. The van der Waals surface area contributed by atoms with Crippen LogP contribution in [0.4, 0.5) is 0 Å². The number of carbonyl (C=O) groups is 1. The molecule has 0 N–H and O–H groups in total. The minimum atomic E-state index is -0.379. The van der Waals surface area contributed by atoms with Crippen molar-refractivity contribution >= 4 is 5.97 Å². The van der Waals surface area contributed by atoms with Crippen molar-refractivity contribution in [3.8, 4) is 0 Å². The van der Waals surface area contributed by atoms with Gasteiger partial charge in [0, 0.05) is 6.04 Å². The predicted octanol–water partition coefficient (Wildman–Crippen LogP) is 1.81. The Bertz CT molecular complexity index is 216. The van der Waals surface area contributed by atoms with Crippen LogP contribution in [-0.2, 0) is 9.53 Å². The van der Waals surface area contributed by atoms with E-state index < -0.39 is 0 Å². The summed E-state index contributed by atoms with van der Waals surface area (Å²) in [6.07, 6.45) is 2.42. The third-order valence-electron chi connectivity index (χ3n) is 2.48. The van der Waals surface area contributed by atoms with Crippen molar-refractivity contribution in [2.45, 2.75) is 58.2 Å². The number of hydrogen-bond donors (Lipinski definition) is 0. The molecular formula is C11H21NO2. The lowest BCUT2D eigenvalue weighted by Crippen LogP contribution is -2.41. The Hall–Kier alpha value is -0.570. The summed E-state index contributed by atoms with van der Waals surface area (Å²) in [4.78, 5) is 13.8. The third-order valence-corrected chi connectivity index (χ3v) is 2.48. The summed E-state index contributed by atoms with van der Waals surface area (Å²) >= 11 is 0. The molecule has 0 aromatic heterocycles. The van der Waals surface area contributed by atoms with Gasteiger partial charge >= 0.3 is 5.97 Å². The molecule has 1 unspecified atom stereocenters. The normalized spacial score (nSPS) is 19.6. The number of esters is 1. The third kappa shape index (κ3) is 3.29. The van der Waals surface area contributed by atoms with Gasteiger partial charge in [-0.3, -0.25) is 9.69 Å². The lowest BCUT2D eigenvalue weighted by Gasteiger charge is -2.27. The van der Waals surface area contributed by atoms with E-state index in [0.29, 0.717) is 6.04 Å². The monoisotopic (exact) mass is 199 g/mol. The standard InChI is InChI=1S/C11H21NO2/c1-8(12(5)9-6-7-9)10(13)14-11(2,3)4/h8-9H,6-7H2,1-5H3. The van der Waals surface area contributed by atoms with Crippen LogP contribution in [0.25, 0.3) is 0 Å².